The fraction of sp³-hybridized carbons (Fsp3) is 0.444. The van der Waals surface area contributed by atoms with Crippen LogP contribution in [0.25, 0.3) is 0 Å². The van der Waals surface area contributed by atoms with Crippen molar-refractivity contribution in [2.45, 2.75) is 64.5 Å². The SMILES string of the molecule is CCOc1ccc(C(=O)NC2CC(COC(F)F)Oc3c#cccc32)cc1CN1C(=O)CC(CC)N=C1N. The van der Waals surface area contributed by atoms with Gasteiger partial charge in [-0.25, -0.2) is 4.99 Å². The number of halogens is 2. The summed E-state index contributed by atoms with van der Waals surface area (Å²) in [6, 6.07) is 13.2. The van der Waals surface area contributed by atoms with Gasteiger partial charge < -0.3 is 25.3 Å². The van der Waals surface area contributed by atoms with Crippen LogP contribution in [-0.4, -0.2) is 54.6 Å². The van der Waals surface area contributed by atoms with Gasteiger partial charge in [-0.1, -0.05) is 13.0 Å². The van der Waals surface area contributed by atoms with Crippen molar-refractivity contribution in [3.8, 4) is 11.5 Å². The lowest BCUT2D eigenvalue weighted by atomic mass is 9.96. The van der Waals surface area contributed by atoms with Crippen molar-refractivity contribution in [1.29, 1.82) is 0 Å². The highest BCUT2D eigenvalue weighted by Gasteiger charge is 2.31. The van der Waals surface area contributed by atoms with Crippen molar-refractivity contribution in [3.63, 3.8) is 0 Å². The van der Waals surface area contributed by atoms with Gasteiger partial charge in [0.25, 0.3) is 5.91 Å². The number of nitrogens with two attached hydrogens (primary N) is 1. The minimum absolute atomic E-state index is 0.0962. The highest BCUT2D eigenvalue weighted by Crippen LogP contribution is 2.34. The zero-order chi connectivity index (χ0) is 27.2. The lowest BCUT2D eigenvalue weighted by Crippen LogP contribution is -2.46. The number of hydrogen-bond donors (Lipinski definition) is 2. The van der Waals surface area contributed by atoms with Crippen LogP contribution in [0.5, 0.6) is 11.5 Å². The van der Waals surface area contributed by atoms with E-state index in [0.717, 1.165) is 0 Å². The molecular formula is C27H30F2N4O5. The van der Waals surface area contributed by atoms with Gasteiger partial charge >= 0.3 is 6.61 Å². The maximum absolute atomic E-state index is 13.3. The number of hydrogen-bond acceptors (Lipinski definition) is 7. The number of aliphatic imine (C=N–C) groups is 1. The topological polar surface area (TPSA) is 115 Å². The van der Waals surface area contributed by atoms with E-state index in [4.69, 9.17) is 15.2 Å². The number of alkyl halides is 2. The molecule has 0 radical (unpaired) electrons. The fourth-order valence-electron chi connectivity index (χ4n) is 4.48. The van der Waals surface area contributed by atoms with Crippen LogP contribution >= 0.6 is 0 Å². The summed E-state index contributed by atoms with van der Waals surface area (Å²) in [5.41, 5.74) is 7.67. The second kappa shape index (κ2) is 12.1. The van der Waals surface area contributed by atoms with Crippen molar-refractivity contribution in [1.82, 2.24) is 10.2 Å². The maximum atomic E-state index is 13.3. The Labute approximate surface area is 219 Å². The fourth-order valence-corrected chi connectivity index (χ4v) is 4.48. The Balaban J connectivity index is 1.55. The molecule has 2 aliphatic rings. The highest BCUT2D eigenvalue weighted by atomic mass is 19.3. The Morgan fingerprint density at radius 1 is 1.34 bits per heavy atom. The number of nitrogens with zero attached hydrogens (tertiary/aromatic N) is 2. The molecule has 0 aromatic heterocycles. The van der Waals surface area contributed by atoms with Gasteiger partial charge in [-0.15, -0.1) is 0 Å². The summed E-state index contributed by atoms with van der Waals surface area (Å²) >= 11 is 0. The number of amides is 2. The third-order valence-electron chi connectivity index (χ3n) is 6.39. The predicted octanol–water partition coefficient (Wildman–Crippen LogP) is 3.37. The van der Waals surface area contributed by atoms with Gasteiger partial charge in [-0.2, -0.15) is 8.78 Å². The Morgan fingerprint density at radius 3 is 2.87 bits per heavy atom. The molecule has 2 aromatic carbocycles. The van der Waals surface area contributed by atoms with Crippen LogP contribution < -0.4 is 20.5 Å². The number of ether oxygens (including phenoxy) is 3. The number of guanidine groups is 1. The van der Waals surface area contributed by atoms with Crippen LogP contribution in [0.1, 0.15) is 60.6 Å². The minimum atomic E-state index is -2.93. The molecule has 2 aliphatic heterocycles. The monoisotopic (exact) mass is 528 g/mol. The molecule has 0 aliphatic carbocycles. The number of carbonyl (C=O) groups excluding carboxylic acids is 2. The average Bonchev–Trinajstić information content (AvgIpc) is 2.90. The van der Waals surface area contributed by atoms with Crippen molar-refractivity contribution < 1.29 is 32.6 Å². The Bertz CT molecular complexity index is 1190. The molecule has 3 atom stereocenters. The molecule has 2 aromatic rings. The summed E-state index contributed by atoms with van der Waals surface area (Å²) in [6.45, 7) is 0.997. The Morgan fingerprint density at radius 2 is 2.16 bits per heavy atom. The number of rotatable bonds is 10. The molecule has 9 nitrogen and oxygen atoms in total. The molecule has 3 unspecified atom stereocenters. The van der Waals surface area contributed by atoms with E-state index in [2.05, 4.69) is 27.2 Å². The molecule has 11 heteroatoms. The van der Waals surface area contributed by atoms with Crippen LogP contribution in [0.2, 0.25) is 0 Å². The largest absolute Gasteiger partial charge is 0.494 e. The van der Waals surface area contributed by atoms with E-state index >= 15 is 0 Å². The molecule has 3 N–H and O–H groups in total. The smallest absolute Gasteiger partial charge is 0.345 e. The third-order valence-corrected chi connectivity index (χ3v) is 6.39. The zero-order valence-corrected chi connectivity index (χ0v) is 21.2. The van der Waals surface area contributed by atoms with Gasteiger partial charge in [0.1, 0.15) is 11.9 Å². The molecule has 2 amide bonds. The van der Waals surface area contributed by atoms with E-state index < -0.39 is 24.7 Å². The lowest BCUT2D eigenvalue weighted by molar-refractivity contribution is -0.146. The second-order valence-electron chi connectivity index (χ2n) is 8.97. The first kappa shape index (κ1) is 27.1. The summed E-state index contributed by atoms with van der Waals surface area (Å²) in [4.78, 5) is 31.9. The Kier molecular flexibility index (Phi) is 8.63. The van der Waals surface area contributed by atoms with Crippen molar-refractivity contribution in [2.24, 2.45) is 10.7 Å². The first-order valence-corrected chi connectivity index (χ1v) is 12.5. The van der Waals surface area contributed by atoms with E-state index in [9.17, 15) is 18.4 Å². The van der Waals surface area contributed by atoms with Crippen LogP contribution in [0.15, 0.2) is 35.3 Å². The molecule has 0 bridgehead atoms. The maximum Gasteiger partial charge on any atom is 0.345 e. The van der Waals surface area contributed by atoms with Crippen LogP contribution in [-0.2, 0) is 16.1 Å². The van der Waals surface area contributed by atoms with E-state index in [1.807, 2.05) is 13.8 Å². The van der Waals surface area contributed by atoms with E-state index in [-0.39, 0.29) is 43.9 Å². The molecule has 0 saturated heterocycles. The normalized spacial score (nSPS) is 20.8. The summed E-state index contributed by atoms with van der Waals surface area (Å²) in [5.74, 6) is 0.433. The van der Waals surface area contributed by atoms with Crippen LogP contribution in [0.4, 0.5) is 8.78 Å². The molecule has 0 saturated carbocycles. The quantitative estimate of drug-likeness (QED) is 0.489. The summed E-state index contributed by atoms with van der Waals surface area (Å²) in [7, 11) is 0. The summed E-state index contributed by atoms with van der Waals surface area (Å²) in [5, 5.41) is 2.96. The molecule has 0 spiro atoms. The van der Waals surface area contributed by atoms with Crippen molar-refractivity contribution in [2.75, 3.05) is 13.2 Å². The van der Waals surface area contributed by atoms with Crippen molar-refractivity contribution >= 4 is 17.8 Å². The molecule has 0 fully saturated rings. The number of benzene rings is 1. The highest BCUT2D eigenvalue weighted by molar-refractivity contribution is 5.98. The zero-order valence-electron chi connectivity index (χ0n) is 21.2. The van der Waals surface area contributed by atoms with E-state index in [1.165, 1.54) is 4.90 Å². The molecule has 38 heavy (non-hydrogen) atoms. The van der Waals surface area contributed by atoms with Gasteiger partial charge in [0.15, 0.2) is 11.7 Å². The minimum Gasteiger partial charge on any atom is -0.494 e. The first-order valence-electron chi connectivity index (χ1n) is 12.5. The van der Waals surface area contributed by atoms with Gasteiger partial charge in [0, 0.05) is 29.5 Å². The predicted molar refractivity (Wildman–Crippen MR) is 134 cm³/mol. The lowest BCUT2D eigenvalue weighted by Gasteiger charge is -2.31. The van der Waals surface area contributed by atoms with Gasteiger partial charge in [0.2, 0.25) is 5.91 Å². The third kappa shape index (κ3) is 6.31. The Hall–Kier alpha value is -3.91. The number of carbonyl (C=O) groups is 2. The second-order valence-corrected chi connectivity index (χ2v) is 8.97. The number of fused-ring (bicyclic) bond motifs is 1. The molecule has 4 rings (SSSR count). The van der Waals surface area contributed by atoms with Crippen molar-refractivity contribution in [3.05, 3.63) is 59.2 Å². The van der Waals surface area contributed by atoms with E-state index in [1.54, 1.807) is 30.3 Å². The standard InChI is InChI=1S/C27H30F2N4O5/c1-3-18-12-24(34)33(27(30)31-18)14-17-11-16(9-10-22(17)36-4-2)25(35)32-21-13-19(15-37-26(28)29)38-23-8-6-5-7-20(21)23/h5,7,9-11,18-19,21,26H,3-4,12-15H2,1-2H3,(H2,30,31)(H,32,35). The number of nitrogens with one attached hydrogen (secondary N) is 1. The van der Waals surface area contributed by atoms with Crippen LogP contribution in [0.3, 0.4) is 0 Å². The average molecular weight is 529 g/mol. The van der Waals surface area contributed by atoms with Gasteiger partial charge in [-0.3, -0.25) is 14.5 Å². The molecule has 2 heterocycles. The van der Waals surface area contributed by atoms with Gasteiger partial charge in [-0.05, 0) is 49.7 Å². The van der Waals surface area contributed by atoms with Crippen LogP contribution in [0, 0.1) is 12.1 Å². The molecule has 202 valence electrons. The van der Waals surface area contributed by atoms with E-state index in [0.29, 0.717) is 41.2 Å². The first-order chi connectivity index (χ1) is 18.3. The summed E-state index contributed by atoms with van der Waals surface area (Å²) < 4.78 is 41.0. The summed E-state index contributed by atoms with van der Waals surface area (Å²) in [6.07, 6.45) is 0.487. The molecular weight excluding hydrogens is 498 g/mol. The van der Waals surface area contributed by atoms with Gasteiger partial charge in [0.05, 0.1) is 31.8 Å².